The summed E-state index contributed by atoms with van der Waals surface area (Å²) in [5, 5.41) is 1.39. The van der Waals surface area contributed by atoms with Crippen molar-refractivity contribution >= 4 is 22.6 Å². The average molecular weight is 413 g/mol. The Kier molecular flexibility index (Phi) is 6.36. The normalized spacial score (nSPS) is 13.9. The van der Waals surface area contributed by atoms with E-state index in [0.717, 1.165) is 25.9 Å². The molecule has 2 nitrogen and oxygen atoms in total. The highest BCUT2D eigenvalue weighted by Gasteiger charge is 2.27. The number of hydrogen-bond acceptors (Lipinski definition) is 0. The maximum Gasteiger partial charge on any atom is 0.0495 e. The first-order chi connectivity index (χ1) is 15.2. The molecule has 1 aromatic carbocycles. The number of rotatable bonds is 8. The Bertz CT molecular complexity index is 1160. The number of fused-ring (bicyclic) bond motifs is 1. The summed E-state index contributed by atoms with van der Waals surface area (Å²) >= 11 is 0. The summed E-state index contributed by atoms with van der Waals surface area (Å²) in [6, 6.07) is 11.4. The minimum absolute atomic E-state index is 0.901. The smallest absolute Gasteiger partial charge is 0.0495 e. The topological polar surface area (TPSA) is 9.86 Å². The molecule has 0 aliphatic heterocycles. The van der Waals surface area contributed by atoms with E-state index in [4.69, 9.17) is 0 Å². The second-order valence-electron chi connectivity index (χ2n) is 8.63. The molecule has 1 aliphatic carbocycles. The Hall–Kier alpha value is -2.74. The number of nitrogens with zero attached hydrogens (tertiary/aromatic N) is 2. The predicted molar refractivity (Wildman–Crippen MR) is 136 cm³/mol. The quantitative estimate of drug-likeness (QED) is 0.332. The molecule has 2 heteroatoms. The van der Waals surface area contributed by atoms with Gasteiger partial charge in [0.2, 0.25) is 0 Å². The second kappa shape index (κ2) is 9.18. The lowest BCUT2D eigenvalue weighted by Crippen LogP contribution is -2.11. The molecule has 0 unspecified atom stereocenters. The van der Waals surface area contributed by atoms with Gasteiger partial charge in [0.1, 0.15) is 0 Å². The number of hydrogen-bond donors (Lipinski definition) is 0. The zero-order valence-electron chi connectivity index (χ0n) is 19.7. The highest BCUT2D eigenvalue weighted by atomic mass is 15.0. The van der Waals surface area contributed by atoms with Gasteiger partial charge in [-0.15, -0.1) is 6.58 Å². The van der Waals surface area contributed by atoms with E-state index >= 15 is 0 Å². The van der Waals surface area contributed by atoms with Crippen LogP contribution in [0.25, 0.3) is 22.6 Å². The Balaban J connectivity index is 2.06. The van der Waals surface area contributed by atoms with E-state index in [1.165, 1.54) is 63.9 Å². The van der Waals surface area contributed by atoms with Crippen LogP contribution in [0.15, 0.2) is 54.6 Å². The zero-order valence-corrected chi connectivity index (χ0v) is 19.7. The van der Waals surface area contributed by atoms with Gasteiger partial charge in [0.15, 0.2) is 0 Å². The van der Waals surface area contributed by atoms with E-state index in [9.17, 15) is 0 Å². The fraction of sp³-hybridized carbons (Fsp3) is 0.379. The second-order valence-corrected chi connectivity index (χ2v) is 8.63. The minimum atomic E-state index is 0.901. The molecule has 1 saturated carbocycles. The SMILES string of the molecule is C=CCc1c(/C=C\C)cc(C(=C2CCC2)c2c(C)n(CC)c3ccccc23)n1CCC. The number of aromatic nitrogens is 2. The van der Waals surface area contributed by atoms with Gasteiger partial charge in [-0.05, 0) is 64.2 Å². The van der Waals surface area contributed by atoms with Crippen LogP contribution in [0.5, 0.6) is 0 Å². The van der Waals surface area contributed by atoms with Crippen molar-refractivity contribution in [1.29, 1.82) is 0 Å². The molecule has 0 bridgehead atoms. The molecule has 2 aromatic heterocycles. The lowest BCUT2D eigenvalue weighted by molar-refractivity contribution is 0.640. The summed E-state index contributed by atoms with van der Waals surface area (Å²) in [4.78, 5) is 0. The van der Waals surface area contributed by atoms with E-state index in [1.54, 1.807) is 5.57 Å². The molecule has 162 valence electrons. The van der Waals surface area contributed by atoms with E-state index in [0.29, 0.717) is 0 Å². The highest BCUT2D eigenvalue weighted by Crippen LogP contribution is 2.43. The molecular formula is C29H36N2. The van der Waals surface area contributed by atoms with Crippen LogP contribution in [-0.2, 0) is 19.5 Å². The van der Waals surface area contributed by atoms with Gasteiger partial charge < -0.3 is 9.13 Å². The van der Waals surface area contributed by atoms with Crippen molar-refractivity contribution < 1.29 is 0 Å². The average Bonchev–Trinajstić information content (AvgIpc) is 3.20. The molecule has 0 spiro atoms. The van der Waals surface area contributed by atoms with E-state index in [2.05, 4.69) is 85.9 Å². The van der Waals surface area contributed by atoms with Crippen molar-refractivity contribution in [2.75, 3.05) is 0 Å². The predicted octanol–water partition coefficient (Wildman–Crippen LogP) is 7.93. The number of para-hydroxylation sites is 1. The first kappa shape index (κ1) is 21.5. The van der Waals surface area contributed by atoms with Crippen molar-refractivity contribution in [2.45, 2.75) is 72.9 Å². The Labute approximate surface area is 187 Å². The lowest BCUT2D eigenvalue weighted by Gasteiger charge is -2.25. The standard InChI is InChI=1S/C29H36N2/c1-6-13-23-20-27(31(19-8-3)25(23)14-7-2)29(22-15-12-16-22)28-21(5)30(9-4)26-18-11-10-17-24(26)28/h6-7,10-11,13,17-18,20H,2,8-9,12,14-16,19H2,1,3-5H3/b13-6-. The van der Waals surface area contributed by atoms with Gasteiger partial charge in [0.25, 0.3) is 0 Å². The Morgan fingerprint density at radius 1 is 1.13 bits per heavy atom. The van der Waals surface area contributed by atoms with Crippen molar-refractivity contribution in [2.24, 2.45) is 0 Å². The summed E-state index contributed by atoms with van der Waals surface area (Å²) in [6.07, 6.45) is 12.2. The van der Waals surface area contributed by atoms with Crippen LogP contribution >= 0.6 is 0 Å². The molecule has 3 aromatic rings. The molecule has 0 saturated heterocycles. The summed E-state index contributed by atoms with van der Waals surface area (Å²) in [5.74, 6) is 0. The third kappa shape index (κ3) is 3.63. The van der Waals surface area contributed by atoms with E-state index in [-0.39, 0.29) is 0 Å². The molecule has 31 heavy (non-hydrogen) atoms. The van der Waals surface area contributed by atoms with Crippen molar-refractivity contribution in [3.63, 3.8) is 0 Å². The summed E-state index contributed by atoms with van der Waals surface area (Å²) in [5.41, 5.74) is 11.4. The summed E-state index contributed by atoms with van der Waals surface area (Å²) in [6.45, 7) is 15.0. The first-order valence-electron chi connectivity index (χ1n) is 11.9. The van der Waals surface area contributed by atoms with Gasteiger partial charge in [-0.2, -0.15) is 0 Å². The van der Waals surface area contributed by atoms with Crippen LogP contribution in [0, 0.1) is 6.92 Å². The summed E-state index contributed by atoms with van der Waals surface area (Å²) < 4.78 is 5.06. The van der Waals surface area contributed by atoms with Crippen LogP contribution in [0.4, 0.5) is 0 Å². The number of benzene rings is 1. The number of allylic oxidation sites excluding steroid dienone is 3. The van der Waals surface area contributed by atoms with Crippen LogP contribution in [0.2, 0.25) is 0 Å². The molecule has 0 radical (unpaired) electrons. The molecule has 1 aliphatic rings. The molecule has 1 fully saturated rings. The lowest BCUT2D eigenvalue weighted by atomic mass is 9.83. The minimum Gasteiger partial charge on any atom is -0.345 e. The Morgan fingerprint density at radius 2 is 1.90 bits per heavy atom. The maximum atomic E-state index is 4.05. The fourth-order valence-electron chi connectivity index (χ4n) is 5.23. The molecule has 0 N–H and O–H groups in total. The monoisotopic (exact) mass is 412 g/mol. The first-order valence-corrected chi connectivity index (χ1v) is 11.9. The van der Waals surface area contributed by atoms with Gasteiger partial charge in [0, 0.05) is 58.6 Å². The molecular weight excluding hydrogens is 376 g/mol. The van der Waals surface area contributed by atoms with Crippen LogP contribution < -0.4 is 0 Å². The number of aryl methyl sites for hydroxylation is 1. The molecule has 2 heterocycles. The van der Waals surface area contributed by atoms with Gasteiger partial charge in [-0.3, -0.25) is 0 Å². The molecule has 0 atom stereocenters. The van der Waals surface area contributed by atoms with Crippen LogP contribution in [0.1, 0.15) is 74.7 Å². The van der Waals surface area contributed by atoms with Crippen LogP contribution in [0.3, 0.4) is 0 Å². The zero-order chi connectivity index (χ0) is 22.0. The van der Waals surface area contributed by atoms with Gasteiger partial charge in [0.05, 0.1) is 0 Å². The third-order valence-corrected chi connectivity index (χ3v) is 6.74. The molecule has 0 amide bonds. The van der Waals surface area contributed by atoms with Gasteiger partial charge >= 0.3 is 0 Å². The molecule has 4 rings (SSSR count). The van der Waals surface area contributed by atoms with Crippen molar-refractivity contribution in [1.82, 2.24) is 9.13 Å². The fourth-order valence-corrected chi connectivity index (χ4v) is 5.23. The van der Waals surface area contributed by atoms with Crippen molar-refractivity contribution in [3.8, 4) is 0 Å². The summed E-state index contributed by atoms with van der Waals surface area (Å²) in [7, 11) is 0. The van der Waals surface area contributed by atoms with E-state index in [1.807, 2.05) is 6.08 Å². The third-order valence-electron chi connectivity index (χ3n) is 6.74. The van der Waals surface area contributed by atoms with Gasteiger partial charge in [-0.1, -0.05) is 48.9 Å². The van der Waals surface area contributed by atoms with Crippen molar-refractivity contribution in [3.05, 3.63) is 82.8 Å². The van der Waals surface area contributed by atoms with Gasteiger partial charge in [-0.25, -0.2) is 0 Å². The maximum absolute atomic E-state index is 4.05. The Morgan fingerprint density at radius 3 is 2.52 bits per heavy atom. The largest absolute Gasteiger partial charge is 0.345 e. The van der Waals surface area contributed by atoms with E-state index < -0.39 is 0 Å². The van der Waals surface area contributed by atoms with Crippen LogP contribution in [-0.4, -0.2) is 9.13 Å². The highest BCUT2D eigenvalue weighted by molar-refractivity contribution is 6.00.